The highest BCUT2D eigenvalue weighted by Crippen LogP contribution is 2.32. The first kappa shape index (κ1) is 10.6. The van der Waals surface area contributed by atoms with Crippen molar-refractivity contribution in [2.24, 2.45) is 0 Å². The van der Waals surface area contributed by atoms with Gasteiger partial charge in [0.05, 0.1) is 12.5 Å². The predicted molar refractivity (Wildman–Crippen MR) is 77.1 cm³/mol. The van der Waals surface area contributed by atoms with E-state index in [0.29, 0.717) is 0 Å². The largest absolute Gasteiger partial charge is 0.472 e. The van der Waals surface area contributed by atoms with Gasteiger partial charge in [0.1, 0.15) is 5.65 Å². The van der Waals surface area contributed by atoms with E-state index in [-0.39, 0.29) is 0 Å². The van der Waals surface area contributed by atoms with Gasteiger partial charge in [0.2, 0.25) is 0 Å². The van der Waals surface area contributed by atoms with E-state index in [1.165, 1.54) is 4.88 Å². The maximum Gasteiger partial charge on any atom is 0.137 e. The summed E-state index contributed by atoms with van der Waals surface area (Å²) in [6, 6.07) is 8.30. The third-order valence-electron chi connectivity index (χ3n) is 3.17. The molecule has 4 aromatic heterocycles. The van der Waals surface area contributed by atoms with Crippen molar-refractivity contribution in [1.29, 1.82) is 0 Å². The second kappa shape index (κ2) is 4.10. The highest BCUT2D eigenvalue weighted by atomic mass is 32.1. The highest BCUT2D eigenvalue weighted by Gasteiger charge is 2.10. The summed E-state index contributed by atoms with van der Waals surface area (Å²) in [5, 5.41) is 3.19. The van der Waals surface area contributed by atoms with Crippen LogP contribution in [0.5, 0.6) is 0 Å². The summed E-state index contributed by atoms with van der Waals surface area (Å²) in [5.74, 6) is 0. The zero-order valence-electron chi connectivity index (χ0n) is 9.96. The maximum absolute atomic E-state index is 5.16. The van der Waals surface area contributed by atoms with Gasteiger partial charge in [-0.2, -0.15) is 0 Å². The molecule has 0 atom stereocenters. The Balaban J connectivity index is 1.95. The fourth-order valence-corrected chi connectivity index (χ4v) is 2.95. The van der Waals surface area contributed by atoms with Crippen molar-refractivity contribution in [3.8, 4) is 21.6 Å². The van der Waals surface area contributed by atoms with Crippen molar-refractivity contribution >= 4 is 22.4 Å². The van der Waals surface area contributed by atoms with E-state index < -0.39 is 0 Å². The normalized spacial score (nSPS) is 11.2. The van der Waals surface area contributed by atoms with Crippen LogP contribution in [0.15, 0.2) is 59.0 Å². The lowest BCUT2D eigenvalue weighted by atomic mass is 10.1. The van der Waals surface area contributed by atoms with Crippen molar-refractivity contribution in [1.82, 2.24) is 9.97 Å². The van der Waals surface area contributed by atoms with Crippen LogP contribution in [-0.2, 0) is 0 Å². The Bertz CT molecular complexity index is 813. The van der Waals surface area contributed by atoms with Gasteiger partial charge in [0, 0.05) is 39.3 Å². The number of aromatic amines is 1. The minimum absolute atomic E-state index is 0.900. The topological polar surface area (TPSA) is 41.8 Å². The molecule has 0 bridgehead atoms. The Labute approximate surface area is 113 Å². The smallest absolute Gasteiger partial charge is 0.137 e. The van der Waals surface area contributed by atoms with Crippen LogP contribution in [0.4, 0.5) is 0 Å². The van der Waals surface area contributed by atoms with E-state index in [1.54, 1.807) is 23.9 Å². The summed E-state index contributed by atoms with van der Waals surface area (Å²) in [4.78, 5) is 8.92. The van der Waals surface area contributed by atoms with E-state index in [4.69, 9.17) is 4.42 Å². The Hall–Kier alpha value is -2.33. The fourth-order valence-electron chi connectivity index (χ4n) is 2.24. The molecule has 92 valence electrons. The predicted octanol–water partition coefficient (Wildman–Crippen LogP) is 4.55. The number of fused-ring (bicyclic) bond motifs is 1. The van der Waals surface area contributed by atoms with E-state index in [1.807, 2.05) is 18.5 Å². The van der Waals surface area contributed by atoms with E-state index in [2.05, 4.69) is 33.5 Å². The molecule has 0 saturated heterocycles. The molecule has 3 nitrogen and oxygen atoms in total. The average molecular weight is 266 g/mol. The molecule has 19 heavy (non-hydrogen) atoms. The summed E-state index contributed by atoms with van der Waals surface area (Å²) in [6.45, 7) is 0. The average Bonchev–Trinajstić information content (AvgIpc) is 3.18. The van der Waals surface area contributed by atoms with Crippen LogP contribution < -0.4 is 0 Å². The van der Waals surface area contributed by atoms with Gasteiger partial charge in [0.15, 0.2) is 0 Å². The zero-order chi connectivity index (χ0) is 12.7. The molecule has 4 heterocycles. The van der Waals surface area contributed by atoms with Crippen LogP contribution in [-0.4, -0.2) is 9.97 Å². The second-order valence-electron chi connectivity index (χ2n) is 4.31. The molecule has 0 radical (unpaired) electrons. The molecule has 0 saturated carbocycles. The molecule has 4 aromatic rings. The van der Waals surface area contributed by atoms with Gasteiger partial charge in [-0.05, 0) is 23.6 Å². The molecule has 0 aliphatic heterocycles. The van der Waals surface area contributed by atoms with Crippen molar-refractivity contribution in [2.45, 2.75) is 0 Å². The van der Waals surface area contributed by atoms with Crippen molar-refractivity contribution in [2.75, 3.05) is 0 Å². The van der Waals surface area contributed by atoms with E-state index in [0.717, 1.165) is 27.7 Å². The van der Waals surface area contributed by atoms with Gasteiger partial charge in [-0.25, -0.2) is 4.98 Å². The number of furan rings is 1. The van der Waals surface area contributed by atoms with Gasteiger partial charge in [0.25, 0.3) is 0 Å². The maximum atomic E-state index is 5.16. The minimum Gasteiger partial charge on any atom is -0.472 e. The Morgan fingerprint density at radius 1 is 1.21 bits per heavy atom. The summed E-state index contributed by atoms with van der Waals surface area (Å²) in [7, 11) is 0. The Kier molecular flexibility index (Phi) is 2.28. The number of H-pyrrole nitrogens is 1. The first-order chi connectivity index (χ1) is 9.42. The molecule has 1 N–H and O–H groups in total. The van der Waals surface area contributed by atoms with Gasteiger partial charge in [-0.15, -0.1) is 11.3 Å². The molecule has 0 aromatic carbocycles. The van der Waals surface area contributed by atoms with Crippen LogP contribution in [0.3, 0.4) is 0 Å². The molecule has 0 fully saturated rings. The molecule has 4 rings (SSSR count). The standard InChI is InChI=1S/C15H10N2OS/c1-2-14(19-5-1)11-6-12-13(10-3-4-18-9-10)8-17-15(12)16-7-11/h1-9H,(H,16,17). The first-order valence-corrected chi connectivity index (χ1v) is 6.83. The third-order valence-corrected chi connectivity index (χ3v) is 4.09. The molecule has 0 spiro atoms. The molecule has 0 aliphatic carbocycles. The third kappa shape index (κ3) is 1.69. The molecule has 0 unspecified atom stereocenters. The van der Waals surface area contributed by atoms with Crippen LogP contribution in [0.2, 0.25) is 0 Å². The number of thiophene rings is 1. The van der Waals surface area contributed by atoms with Crippen LogP contribution in [0.1, 0.15) is 0 Å². The van der Waals surface area contributed by atoms with Crippen molar-refractivity contribution in [3.05, 3.63) is 54.6 Å². The molecule has 0 amide bonds. The number of nitrogens with one attached hydrogen (secondary N) is 1. The number of pyridine rings is 1. The lowest BCUT2D eigenvalue weighted by molar-refractivity contribution is 0.568. The quantitative estimate of drug-likeness (QED) is 0.578. The van der Waals surface area contributed by atoms with Crippen LogP contribution in [0.25, 0.3) is 32.6 Å². The van der Waals surface area contributed by atoms with Crippen molar-refractivity contribution in [3.63, 3.8) is 0 Å². The zero-order valence-corrected chi connectivity index (χ0v) is 10.8. The summed E-state index contributed by atoms with van der Waals surface area (Å²) in [6.07, 6.45) is 7.32. The first-order valence-electron chi connectivity index (χ1n) is 5.95. The SMILES string of the molecule is c1csc(-c2cnc3[nH]cc(-c4ccoc4)c3c2)c1. The molecule has 4 heteroatoms. The van der Waals surface area contributed by atoms with E-state index in [9.17, 15) is 0 Å². The number of nitrogens with zero attached hydrogens (tertiary/aromatic N) is 1. The van der Waals surface area contributed by atoms with Gasteiger partial charge < -0.3 is 9.40 Å². The van der Waals surface area contributed by atoms with Crippen LogP contribution >= 0.6 is 11.3 Å². The lowest BCUT2D eigenvalue weighted by Crippen LogP contribution is -1.79. The van der Waals surface area contributed by atoms with Gasteiger partial charge in [-0.1, -0.05) is 6.07 Å². The Morgan fingerprint density at radius 2 is 2.21 bits per heavy atom. The summed E-state index contributed by atoms with van der Waals surface area (Å²) < 4.78 is 5.16. The van der Waals surface area contributed by atoms with Gasteiger partial charge >= 0.3 is 0 Å². The monoisotopic (exact) mass is 266 g/mol. The molecular formula is C15H10N2OS. The highest BCUT2D eigenvalue weighted by molar-refractivity contribution is 7.13. The van der Waals surface area contributed by atoms with Crippen molar-refractivity contribution < 1.29 is 4.42 Å². The number of hydrogen-bond donors (Lipinski definition) is 1. The number of aromatic nitrogens is 2. The minimum atomic E-state index is 0.900. The lowest BCUT2D eigenvalue weighted by Gasteiger charge is -1.99. The molecule has 0 aliphatic rings. The van der Waals surface area contributed by atoms with Gasteiger partial charge in [-0.3, -0.25) is 0 Å². The second-order valence-corrected chi connectivity index (χ2v) is 5.26. The number of rotatable bonds is 2. The Morgan fingerprint density at radius 3 is 3.00 bits per heavy atom. The fraction of sp³-hybridized carbons (Fsp3) is 0. The molecular weight excluding hydrogens is 256 g/mol. The van der Waals surface area contributed by atoms with E-state index >= 15 is 0 Å². The van der Waals surface area contributed by atoms with Crippen LogP contribution in [0, 0.1) is 0 Å². The summed E-state index contributed by atoms with van der Waals surface area (Å²) >= 11 is 1.72. The number of hydrogen-bond acceptors (Lipinski definition) is 3. The summed E-state index contributed by atoms with van der Waals surface area (Å²) in [5.41, 5.74) is 4.23.